The van der Waals surface area contributed by atoms with Gasteiger partial charge in [0.2, 0.25) is 6.41 Å². The van der Waals surface area contributed by atoms with E-state index >= 15 is 0 Å². The summed E-state index contributed by atoms with van der Waals surface area (Å²) in [6, 6.07) is 5.03. The molecule has 0 aliphatic rings. The number of aromatic nitrogens is 1. The van der Waals surface area contributed by atoms with Crippen molar-refractivity contribution in [2.75, 3.05) is 7.11 Å². The molecule has 2 aromatic rings. The van der Waals surface area contributed by atoms with Crippen LogP contribution in [0, 0.1) is 0 Å². The smallest absolute Gasteiger partial charge is 0.431 e. The van der Waals surface area contributed by atoms with E-state index in [4.69, 9.17) is 0 Å². The monoisotopic (exact) mass is 344 g/mol. The number of aromatic amines is 1. The zero-order chi connectivity index (χ0) is 18.3. The average molecular weight is 344 g/mol. The quantitative estimate of drug-likeness (QED) is 0.647. The number of rotatable bonds is 5. The van der Waals surface area contributed by atoms with Crippen molar-refractivity contribution in [3.05, 3.63) is 35.5 Å². The van der Waals surface area contributed by atoms with E-state index in [0.29, 0.717) is 10.9 Å². The third-order valence-corrected chi connectivity index (χ3v) is 3.26. The number of hydrogen-bond donors (Lipinski definition) is 2. The van der Waals surface area contributed by atoms with Crippen LogP contribution in [0.25, 0.3) is 10.9 Å². The minimum Gasteiger partial charge on any atom is -0.467 e. The Morgan fingerprint density at radius 2 is 1.96 bits per heavy atom. The van der Waals surface area contributed by atoms with E-state index in [1.165, 1.54) is 12.1 Å². The van der Waals surface area contributed by atoms with Crippen LogP contribution in [0.4, 0.5) is 13.2 Å². The molecule has 0 bridgehead atoms. The standard InChI is InChI=1S/C14H13F3N2O3.C2H6/c1-22-13(21)11(18-7-20)6-9-8-4-2-3-5-10(8)19-12(9)14(15,16)17;1-2/h2-5,7,11,19H,6H2,1H3,(H,18,20);1-2H3. The highest BCUT2D eigenvalue weighted by Crippen LogP contribution is 2.36. The third kappa shape index (κ3) is 4.27. The Hall–Kier alpha value is -2.51. The molecule has 1 heterocycles. The Kier molecular flexibility index (Phi) is 6.82. The van der Waals surface area contributed by atoms with Gasteiger partial charge in [-0.15, -0.1) is 0 Å². The molecular weight excluding hydrogens is 325 g/mol. The van der Waals surface area contributed by atoms with E-state index in [0.717, 1.165) is 7.11 Å². The van der Waals surface area contributed by atoms with Crippen LogP contribution < -0.4 is 5.32 Å². The maximum atomic E-state index is 13.2. The maximum absolute atomic E-state index is 13.2. The summed E-state index contributed by atoms with van der Waals surface area (Å²) in [6.07, 6.45) is -4.68. The van der Waals surface area contributed by atoms with Crippen LogP contribution in [0.1, 0.15) is 25.1 Å². The van der Waals surface area contributed by atoms with Gasteiger partial charge < -0.3 is 15.0 Å². The third-order valence-electron chi connectivity index (χ3n) is 3.26. The Morgan fingerprint density at radius 3 is 2.50 bits per heavy atom. The van der Waals surface area contributed by atoms with Gasteiger partial charge in [0.1, 0.15) is 11.7 Å². The van der Waals surface area contributed by atoms with Crippen LogP contribution in [-0.2, 0) is 26.9 Å². The largest absolute Gasteiger partial charge is 0.467 e. The number of carbonyl (C=O) groups is 2. The lowest BCUT2D eigenvalue weighted by molar-refractivity contribution is -0.145. The number of methoxy groups -OCH3 is 1. The lowest BCUT2D eigenvalue weighted by atomic mass is 10.0. The second-order valence-corrected chi connectivity index (χ2v) is 4.59. The van der Waals surface area contributed by atoms with Crippen molar-refractivity contribution in [2.45, 2.75) is 32.5 Å². The van der Waals surface area contributed by atoms with Gasteiger partial charge in [-0.3, -0.25) is 4.79 Å². The predicted molar refractivity (Wildman–Crippen MR) is 83.4 cm³/mol. The number of H-pyrrole nitrogens is 1. The van der Waals surface area contributed by atoms with Crippen molar-refractivity contribution in [3.63, 3.8) is 0 Å². The summed E-state index contributed by atoms with van der Waals surface area (Å²) in [5.41, 5.74) is -0.720. The van der Waals surface area contributed by atoms with Gasteiger partial charge >= 0.3 is 12.1 Å². The van der Waals surface area contributed by atoms with Crippen molar-refractivity contribution in [1.82, 2.24) is 10.3 Å². The number of fused-ring (bicyclic) bond motifs is 1. The molecule has 1 amide bonds. The van der Waals surface area contributed by atoms with E-state index < -0.39 is 23.9 Å². The average Bonchev–Trinajstić information content (AvgIpc) is 2.94. The fourth-order valence-corrected chi connectivity index (χ4v) is 2.29. The molecule has 8 heteroatoms. The van der Waals surface area contributed by atoms with E-state index in [1.54, 1.807) is 12.1 Å². The van der Waals surface area contributed by atoms with Crippen molar-refractivity contribution >= 4 is 23.3 Å². The zero-order valence-corrected chi connectivity index (χ0v) is 13.5. The van der Waals surface area contributed by atoms with Crippen LogP contribution >= 0.6 is 0 Å². The molecule has 0 saturated heterocycles. The molecule has 0 radical (unpaired) electrons. The summed E-state index contributed by atoms with van der Waals surface area (Å²) in [5.74, 6) is -0.814. The van der Waals surface area contributed by atoms with Crippen LogP contribution in [0.5, 0.6) is 0 Å². The predicted octanol–water partition coefficient (Wildman–Crippen LogP) is 3.04. The number of para-hydroxylation sites is 1. The number of carbonyl (C=O) groups excluding carboxylic acids is 2. The van der Waals surface area contributed by atoms with Gasteiger partial charge in [0, 0.05) is 17.3 Å². The number of hydrogen-bond acceptors (Lipinski definition) is 3. The summed E-state index contributed by atoms with van der Waals surface area (Å²) in [5, 5.41) is 2.52. The molecule has 1 aromatic heterocycles. The fraction of sp³-hybridized carbons (Fsp3) is 0.375. The first-order valence-electron chi connectivity index (χ1n) is 7.32. The van der Waals surface area contributed by atoms with E-state index in [9.17, 15) is 22.8 Å². The maximum Gasteiger partial charge on any atom is 0.431 e. The number of amides is 1. The molecule has 1 unspecified atom stereocenters. The van der Waals surface area contributed by atoms with Crippen molar-refractivity contribution < 1.29 is 27.5 Å². The molecule has 0 fully saturated rings. The van der Waals surface area contributed by atoms with Gasteiger partial charge in [-0.1, -0.05) is 32.0 Å². The van der Waals surface area contributed by atoms with E-state index in [-0.39, 0.29) is 18.4 Å². The number of esters is 1. The lowest BCUT2D eigenvalue weighted by Gasteiger charge is -2.15. The molecule has 132 valence electrons. The van der Waals surface area contributed by atoms with E-state index in [1.807, 2.05) is 13.8 Å². The summed E-state index contributed by atoms with van der Waals surface area (Å²) in [4.78, 5) is 24.5. The molecule has 2 N–H and O–H groups in total. The molecular formula is C16H19F3N2O3. The topological polar surface area (TPSA) is 71.2 Å². The molecule has 24 heavy (non-hydrogen) atoms. The van der Waals surface area contributed by atoms with Crippen LogP contribution in [0.2, 0.25) is 0 Å². The highest BCUT2D eigenvalue weighted by atomic mass is 19.4. The molecule has 0 aliphatic carbocycles. The fourth-order valence-electron chi connectivity index (χ4n) is 2.29. The Bertz CT molecular complexity index is 695. The summed E-state index contributed by atoms with van der Waals surface area (Å²) in [7, 11) is 1.10. The SMILES string of the molecule is CC.COC(=O)C(Cc1c(C(F)(F)F)[nH]c2ccccc12)NC=O. The molecule has 1 aromatic carbocycles. The van der Waals surface area contributed by atoms with Gasteiger partial charge in [-0.25, -0.2) is 4.79 Å². The Labute approximate surface area is 137 Å². The number of alkyl halides is 3. The second kappa shape index (κ2) is 8.37. The first-order valence-corrected chi connectivity index (χ1v) is 7.32. The summed E-state index contributed by atoms with van der Waals surface area (Å²) >= 11 is 0. The molecule has 0 aliphatic heterocycles. The van der Waals surface area contributed by atoms with Gasteiger partial charge in [0.25, 0.3) is 0 Å². The lowest BCUT2D eigenvalue weighted by Crippen LogP contribution is -2.39. The molecule has 1 atom stereocenters. The molecule has 2 rings (SSSR count). The van der Waals surface area contributed by atoms with Crippen molar-refractivity contribution in [2.24, 2.45) is 0 Å². The van der Waals surface area contributed by atoms with Crippen LogP contribution in [0.3, 0.4) is 0 Å². The minimum absolute atomic E-state index is 0.0900. The number of ether oxygens (including phenoxy) is 1. The molecule has 0 spiro atoms. The summed E-state index contributed by atoms with van der Waals surface area (Å²) < 4.78 is 44.0. The highest BCUT2D eigenvalue weighted by molar-refractivity contribution is 5.86. The Balaban J connectivity index is 0.00000139. The molecule has 0 saturated carbocycles. The van der Waals surface area contributed by atoms with Crippen molar-refractivity contribution in [1.29, 1.82) is 0 Å². The highest BCUT2D eigenvalue weighted by Gasteiger charge is 2.37. The second-order valence-electron chi connectivity index (χ2n) is 4.59. The Morgan fingerprint density at radius 1 is 1.33 bits per heavy atom. The number of halogens is 3. The van der Waals surface area contributed by atoms with Crippen molar-refractivity contribution in [3.8, 4) is 0 Å². The zero-order valence-electron chi connectivity index (χ0n) is 13.5. The first kappa shape index (κ1) is 19.5. The number of nitrogens with one attached hydrogen (secondary N) is 2. The van der Waals surface area contributed by atoms with Gasteiger partial charge in [-0.2, -0.15) is 13.2 Å². The van der Waals surface area contributed by atoms with Gasteiger partial charge in [-0.05, 0) is 11.6 Å². The summed E-state index contributed by atoms with van der Waals surface area (Å²) in [6.45, 7) is 4.00. The van der Waals surface area contributed by atoms with Crippen LogP contribution in [-0.4, -0.2) is 30.5 Å². The first-order chi connectivity index (χ1) is 11.4. The number of benzene rings is 1. The van der Waals surface area contributed by atoms with Gasteiger partial charge in [0.05, 0.1) is 7.11 Å². The minimum atomic E-state index is -4.60. The normalized spacial score (nSPS) is 12.1. The van der Waals surface area contributed by atoms with Gasteiger partial charge in [0.15, 0.2) is 0 Å². The molecule has 5 nitrogen and oxygen atoms in total. The van der Waals surface area contributed by atoms with Crippen LogP contribution in [0.15, 0.2) is 24.3 Å². The van der Waals surface area contributed by atoms with E-state index in [2.05, 4.69) is 15.0 Å².